The third-order valence-corrected chi connectivity index (χ3v) is 7.57. The summed E-state index contributed by atoms with van der Waals surface area (Å²) in [4.78, 5) is 26.9. The van der Waals surface area contributed by atoms with Crippen molar-refractivity contribution < 1.29 is 9.84 Å². The summed E-state index contributed by atoms with van der Waals surface area (Å²) in [6.07, 6.45) is 2.44. The van der Waals surface area contributed by atoms with Crippen LogP contribution >= 0.6 is 0 Å². The van der Waals surface area contributed by atoms with Crippen LogP contribution in [0.4, 0.5) is 0 Å². The molecule has 1 heterocycles. The van der Waals surface area contributed by atoms with E-state index in [4.69, 9.17) is 4.74 Å². The van der Waals surface area contributed by atoms with Gasteiger partial charge in [0, 0.05) is 11.5 Å². The number of ether oxygens (including phenoxy) is 1. The van der Waals surface area contributed by atoms with Gasteiger partial charge in [-0.1, -0.05) is 62.4 Å². The monoisotopic (exact) mass is 511 g/mol. The molecule has 1 aliphatic rings. The number of rotatable bonds is 10. The second-order valence-corrected chi connectivity index (χ2v) is 9.92. The molecule has 0 saturated carbocycles. The maximum atomic E-state index is 12.2. The Hall–Kier alpha value is -3.97. The third-order valence-electron chi connectivity index (χ3n) is 7.57. The third kappa shape index (κ3) is 5.20. The van der Waals surface area contributed by atoms with Crippen LogP contribution in [0.15, 0.2) is 76.8 Å². The number of aromatic amines is 1. The van der Waals surface area contributed by atoms with E-state index in [1.165, 1.54) is 33.3 Å². The lowest BCUT2D eigenvalue weighted by Crippen LogP contribution is -2.34. The Kier molecular flexibility index (Phi) is 7.56. The summed E-state index contributed by atoms with van der Waals surface area (Å²) in [7, 11) is 0. The molecule has 0 saturated heterocycles. The summed E-state index contributed by atoms with van der Waals surface area (Å²) < 4.78 is 6.02. The fourth-order valence-corrected chi connectivity index (χ4v) is 5.54. The predicted octanol–water partition coefficient (Wildman–Crippen LogP) is 5.42. The number of aromatic nitrogens is 1. The quantitative estimate of drug-likeness (QED) is 0.219. The van der Waals surface area contributed by atoms with E-state index in [1.807, 2.05) is 30.3 Å². The number of hydrogen-bond donors (Lipinski definition) is 2. The van der Waals surface area contributed by atoms with Crippen LogP contribution in [-0.2, 0) is 32.3 Å². The van der Waals surface area contributed by atoms with Gasteiger partial charge in [-0.05, 0) is 71.2 Å². The van der Waals surface area contributed by atoms with Crippen molar-refractivity contribution in [2.24, 2.45) is 5.29 Å². The van der Waals surface area contributed by atoms with Crippen LogP contribution in [0, 0.1) is 4.91 Å². The van der Waals surface area contributed by atoms with Crippen LogP contribution in [0.25, 0.3) is 10.9 Å². The first-order valence-electron chi connectivity index (χ1n) is 13.2. The Bertz CT molecular complexity index is 1470. The Morgan fingerprint density at radius 3 is 2.32 bits per heavy atom. The van der Waals surface area contributed by atoms with Gasteiger partial charge in [-0.3, -0.25) is 9.80 Å². The number of H-pyrrole nitrogens is 1. The standard InChI is InChI=1S/C31H33N3O4/c1-3-21-14-23-16-25(17-24(23)15-22(21)4-2)34(33-37)18-28(35)26-10-12-29(31-27(26)11-13-30(36)32-31)38-19-20-8-6-5-7-9-20/h5-15,25,28,35H,3-4,16-19H2,1-2H3,(H,32,36)/t28-/m0/s1. The lowest BCUT2D eigenvalue weighted by molar-refractivity contribution is 0.0905. The number of aliphatic hydroxyl groups is 1. The molecule has 196 valence electrons. The number of fused-ring (bicyclic) bond motifs is 2. The van der Waals surface area contributed by atoms with Crippen molar-refractivity contribution in [1.82, 2.24) is 9.99 Å². The van der Waals surface area contributed by atoms with Crippen molar-refractivity contribution in [1.29, 1.82) is 0 Å². The van der Waals surface area contributed by atoms with E-state index in [1.54, 1.807) is 18.2 Å². The van der Waals surface area contributed by atoms with Crippen LogP contribution in [0.2, 0.25) is 0 Å². The molecule has 7 heteroatoms. The molecule has 4 aromatic rings. The first kappa shape index (κ1) is 25.7. The first-order valence-corrected chi connectivity index (χ1v) is 13.2. The second kappa shape index (κ2) is 11.2. The minimum absolute atomic E-state index is 0.0574. The summed E-state index contributed by atoms with van der Waals surface area (Å²) in [5.41, 5.74) is 7.10. The van der Waals surface area contributed by atoms with E-state index >= 15 is 0 Å². The minimum atomic E-state index is -0.981. The molecule has 38 heavy (non-hydrogen) atoms. The number of nitroso groups, excluding NO2 is 1. The predicted molar refractivity (Wildman–Crippen MR) is 149 cm³/mol. The van der Waals surface area contributed by atoms with Crippen LogP contribution < -0.4 is 10.3 Å². The normalized spacial score (nSPS) is 13.9. The highest BCUT2D eigenvalue weighted by Crippen LogP contribution is 2.33. The fourth-order valence-electron chi connectivity index (χ4n) is 5.54. The van der Waals surface area contributed by atoms with E-state index < -0.39 is 6.10 Å². The van der Waals surface area contributed by atoms with E-state index in [2.05, 4.69) is 36.3 Å². The molecule has 5 rings (SSSR count). The van der Waals surface area contributed by atoms with Gasteiger partial charge in [0.25, 0.3) is 0 Å². The Balaban J connectivity index is 1.37. The molecule has 0 radical (unpaired) electrons. The van der Waals surface area contributed by atoms with Gasteiger partial charge < -0.3 is 14.8 Å². The number of benzene rings is 3. The van der Waals surface area contributed by atoms with E-state index in [9.17, 15) is 14.8 Å². The summed E-state index contributed by atoms with van der Waals surface area (Å²) in [6.45, 7) is 4.73. The molecular weight excluding hydrogens is 478 g/mol. The molecule has 0 bridgehead atoms. The van der Waals surface area contributed by atoms with Gasteiger partial charge in [0.1, 0.15) is 12.4 Å². The van der Waals surface area contributed by atoms with Crippen molar-refractivity contribution in [3.05, 3.63) is 115 Å². The largest absolute Gasteiger partial charge is 0.487 e. The Labute approximate surface area is 222 Å². The smallest absolute Gasteiger partial charge is 0.248 e. The lowest BCUT2D eigenvalue weighted by Gasteiger charge is -2.25. The van der Waals surface area contributed by atoms with Crippen molar-refractivity contribution in [3.8, 4) is 5.75 Å². The molecule has 7 nitrogen and oxygen atoms in total. The van der Waals surface area contributed by atoms with Gasteiger partial charge in [-0.25, -0.2) is 0 Å². The molecule has 2 N–H and O–H groups in total. The number of hydrogen-bond acceptors (Lipinski definition) is 5. The molecule has 0 aliphatic heterocycles. The maximum Gasteiger partial charge on any atom is 0.248 e. The molecule has 0 spiro atoms. The molecule has 1 atom stereocenters. The zero-order chi connectivity index (χ0) is 26.6. The molecule has 0 amide bonds. The molecule has 0 unspecified atom stereocenters. The summed E-state index contributed by atoms with van der Waals surface area (Å²) in [6, 6.07) is 20.9. The first-order chi connectivity index (χ1) is 18.5. The van der Waals surface area contributed by atoms with Gasteiger partial charge in [0.15, 0.2) is 0 Å². The van der Waals surface area contributed by atoms with Crippen molar-refractivity contribution >= 4 is 10.9 Å². The van der Waals surface area contributed by atoms with Gasteiger partial charge in [0.05, 0.1) is 29.5 Å². The van der Waals surface area contributed by atoms with Gasteiger partial charge >= 0.3 is 0 Å². The van der Waals surface area contributed by atoms with Crippen molar-refractivity contribution in [2.75, 3.05) is 6.54 Å². The SMILES string of the molecule is CCc1cc2c(cc1CC)CC(N(C[C@H](O)c1ccc(OCc3ccccc3)c3[nH]c(=O)ccc13)N=O)C2. The molecular formula is C31H33N3O4. The highest BCUT2D eigenvalue weighted by molar-refractivity contribution is 5.87. The topological polar surface area (TPSA) is 95.0 Å². The maximum absolute atomic E-state index is 12.2. The summed E-state index contributed by atoms with van der Waals surface area (Å²) >= 11 is 0. The zero-order valence-corrected chi connectivity index (χ0v) is 21.8. The van der Waals surface area contributed by atoms with Gasteiger partial charge in [-0.2, -0.15) is 0 Å². The van der Waals surface area contributed by atoms with Gasteiger partial charge in [-0.15, -0.1) is 4.91 Å². The number of pyridine rings is 1. The molecule has 3 aromatic carbocycles. The van der Waals surface area contributed by atoms with Crippen molar-refractivity contribution in [3.63, 3.8) is 0 Å². The van der Waals surface area contributed by atoms with Crippen LogP contribution in [0.3, 0.4) is 0 Å². The molecule has 1 aromatic heterocycles. The second-order valence-electron chi connectivity index (χ2n) is 9.92. The Morgan fingerprint density at radius 1 is 1.00 bits per heavy atom. The lowest BCUT2D eigenvalue weighted by atomic mass is 9.97. The van der Waals surface area contributed by atoms with Crippen molar-refractivity contribution in [2.45, 2.75) is 58.3 Å². The summed E-state index contributed by atoms with van der Waals surface area (Å²) in [5.74, 6) is 0.521. The fraction of sp³-hybridized carbons (Fsp3) is 0.323. The highest BCUT2D eigenvalue weighted by Gasteiger charge is 2.30. The van der Waals surface area contributed by atoms with E-state index in [-0.39, 0.29) is 18.1 Å². The molecule has 1 aliphatic carbocycles. The molecule has 0 fully saturated rings. The average Bonchev–Trinajstić information content (AvgIpc) is 3.36. The number of aliphatic hydroxyl groups excluding tert-OH is 1. The average molecular weight is 512 g/mol. The van der Waals surface area contributed by atoms with Crippen LogP contribution in [0.5, 0.6) is 5.75 Å². The minimum Gasteiger partial charge on any atom is -0.487 e. The van der Waals surface area contributed by atoms with E-state index in [0.29, 0.717) is 28.8 Å². The number of nitrogens with zero attached hydrogens (tertiary/aromatic N) is 2. The van der Waals surface area contributed by atoms with Crippen LogP contribution in [0.1, 0.15) is 53.3 Å². The number of aryl methyl sites for hydroxylation is 2. The number of nitrogens with one attached hydrogen (secondary N) is 1. The Morgan fingerprint density at radius 2 is 1.68 bits per heavy atom. The zero-order valence-electron chi connectivity index (χ0n) is 21.8. The van der Waals surface area contributed by atoms with Crippen LogP contribution in [-0.4, -0.2) is 27.7 Å². The summed E-state index contributed by atoms with van der Waals surface area (Å²) in [5, 5.41) is 16.7. The van der Waals surface area contributed by atoms with Gasteiger partial charge in [0.2, 0.25) is 5.56 Å². The van der Waals surface area contributed by atoms with E-state index in [0.717, 1.165) is 31.2 Å². The highest BCUT2D eigenvalue weighted by atomic mass is 16.5.